The highest BCUT2D eigenvalue weighted by molar-refractivity contribution is 5.92. The predicted molar refractivity (Wildman–Crippen MR) is 94.9 cm³/mol. The molecule has 27 heavy (non-hydrogen) atoms. The van der Waals surface area contributed by atoms with Crippen LogP contribution in [0.25, 0.3) is 11.6 Å². The highest BCUT2D eigenvalue weighted by atomic mass is 16.5. The zero-order chi connectivity index (χ0) is 18.4. The minimum absolute atomic E-state index is 0.0542. The zero-order valence-corrected chi connectivity index (χ0v) is 15.2. The molecule has 1 saturated carbocycles. The molecule has 2 aliphatic rings. The minimum atomic E-state index is 0.0542. The molecule has 2 fully saturated rings. The van der Waals surface area contributed by atoms with Gasteiger partial charge in [-0.2, -0.15) is 4.98 Å². The van der Waals surface area contributed by atoms with Gasteiger partial charge in [0.1, 0.15) is 5.69 Å². The summed E-state index contributed by atoms with van der Waals surface area (Å²) in [5, 5.41) is 12.5. The van der Waals surface area contributed by atoms with Crippen LogP contribution >= 0.6 is 0 Å². The van der Waals surface area contributed by atoms with E-state index in [-0.39, 0.29) is 11.9 Å². The van der Waals surface area contributed by atoms with E-state index in [2.05, 4.69) is 20.5 Å². The highest BCUT2D eigenvalue weighted by Gasteiger charge is 2.30. The first-order valence-electron chi connectivity index (χ1n) is 9.35. The van der Waals surface area contributed by atoms with Crippen molar-refractivity contribution < 1.29 is 9.32 Å². The fourth-order valence-corrected chi connectivity index (χ4v) is 3.60. The van der Waals surface area contributed by atoms with Crippen molar-refractivity contribution in [3.8, 4) is 11.6 Å². The number of aromatic nitrogens is 6. The van der Waals surface area contributed by atoms with Crippen molar-refractivity contribution >= 4 is 5.91 Å². The van der Waals surface area contributed by atoms with Gasteiger partial charge in [-0.05, 0) is 37.8 Å². The van der Waals surface area contributed by atoms with E-state index in [0.29, 0.717) is 29.7 Å². The molecular weight excluding hydrogens is 346 g/mol. The van der Waals surface area contributed by atoms with E-state index < -0.39 is 0 Å². The molecule has 1 amide bonds. The standard InChI is InChI=1S/C18H21N7O2/c1-23-8-3-5-15(23)18(26)24-9-2-4-13(10-24)25-11-14(20-22-25)17-19-16(21-27-17)12-6-7-12/h3,5,8,11-13H,2,4,6-7,9-10H2,1H3. The van der Waals surface area contributed by atoms with Crippen LogP contribution in [0.2, 0.25) is 0 Å². The van der Waals surface area contributed by atoms with Gasteiger partial charge in [0.15, 0.2) is 11.5 Å². The molecule has 9 heteroatoms. The van der Waals surface area contributed by atoms with E-state index in [1.54, 1.807) is 0 Å². The maximum atomic E-state index is 12.8. The summed E-state index contributed by atoms with van der Waals surface area (Å²) in [7, 11) is 1.89. The number of piperidine rings is 1. The first-order valence-corrected chi connectivity index (χ1v) is 9.35. The van der Waals surface area contributed by atoms with Crippen molar-refractivity contribution in [2.24, 2.45) is 7.05 Å². The van der Waals surface area contributed by atoms with Gasteiger partial charge < -0.3 is 14.0 Å². The minimum Gasteiger partial charge on any atom is -0.347 e. The molecule has 3 aromatic heterocycles. The zero-order valence-electron chi connectivity index (χ0n) is 15.2. The Balaban J connectivity index is 1.31. The summed E-state index contributed by atoms with van der Waals surface area (Å²) in [4.78, 5) is 19.1. The van der Waals surface area contributed by atoms with Gasteiger partial charge in [-0.15, -0.1) is 5.10 Å². The van der Waals surface area contributed by atoms with Crippen molar-refractivity contribution in [3.63, 3.8) is 0 Å². The van der Waals surface area contributed by atoms with Crippen molar-refractivity contribution in [1.29, 1.82) is 0 Å². The summed E-state index contributed by atoms with van der Waals surface area (Å²) in [6.45, 7) is 1.38. The SMILES string of the molecule is Cn1cccc1C(=O)N1CCCC(n2cc(-c3nc(C4CC4)no3)nn2)C1. The molecule has 0 spiro atoms. The van der Waals surface area contributed by atoms with Gasteiger partial charge in [-0.25, -0.2) is 4.68 Å². The van der Waals surface area contributed by atoms with Crippen LogP contribution in [0.5, 0.6) is 0 Å². The molecule has 1 aliphatic carbocycles. The first-order chi connectivity index (χ1) is 13.2. The van der Waals surface area contributed by atoms with E-state index >= 15 is 0 Å². The Morgan fingerprint density at radius 2 is 2.19 bits per heavy atom. The molecule has 1 aliphatic heterocycles. The molecule has 4 heterocycles. The number of hydrogen-bond donors (Lipinski definition) is 0. The lowest BCUT2D eigenvalue weighted by atomic mass is 10.1. The number of carbonyl (C=O) groups excluding carboxylic acids is 1. The smallest absolute Gasteiger partial charge is 0.280 e. The van der Waals surface area contributed by atoms with Gasteiger partial charge in [-0.1, -0.05) is 10.4 Å². The quantitative estimate of drug-likeness (QED) is 0.700. The largest absolute Gasteiger partial charge is 0.347 e. The number of aryl methyl sites for hydroxylation is 1. The molecule has 0 bridgehead atoms. The van der Waals surface area contributed by atoms with Crippen LogP contribution in [0.15, 0.2) is 29.0 Å². The van der Waals surface area contributed by atoms with Gasteiger partial charge in [0, 0.05) is 32.3 Å². The summed E-state index contributed by atoms with van der Waals surface area (Å²) in [5.41, 5.74) is 1.29. The summed E-state index contributed by atoms with van der Waals surface area (Å²) in [5.74, 6) is 1.67. The summed E-state index contributed by atoms with van der Waals surface area (Å²) in [6, 6.07) is 3.83. The van der Waals surface area contributed by atoms with Crippen LogP contribution in [-0.4, -0.2) is 53.6 Å². The summed E-state index contributed by atoms with van der Waals surface area (Å²) in [6.07, 6.45) is 7.86. The van der Waals surface area contributed by atoms with Crippen LogP contribution in [0.1, 0.15) is 54.0 Å². The molecule has 140 valence electrons. The first kappa shape index (κ1) is 16.2. The third-order valence-corrected chi connectivity index (χ3v) is 5.33. The van der Waals surface area contributed by atoms with E-state index in [9.17, 15) is 4.79 Å². The number of likely N-dealkylation sites (tertiary alicyclic amines) is 1. The second-order valence-corrected chi connectivity index (χ2v) is 7.37. The predicted octanol–water partition coefficient (Wildman–Crippen LogP) is 2.02. The van der Waals surface area contributed by atoms with Crippen LogP contribution in [0.4, 0.5) is 0 Å². The lowest BCUT2D eigenvalue weighted by Gasteiger charge is -2.32. The second-order valence-electron chi connectivity index (χ2n) is 7.37. The van der Waals surface area contributed by atoms with Gasteiger partial charge in [0.05, 0.1) is 12.2 Å². The molecule has 0 N–H and O–H groups in total. The van der Waals surface area contributed by atoms with Gasteiger partial charge >= 0.3 is 0 Å². The maximum Gasteiger partial charge on any atom is 0.280 e. The highest BCUT2D eigenvalue weighted by Crippen LogP contribution is 2.38. The van der Waals surface area contributed by atoms with E-state index in [1.807, 2.05) is 45.7 Å². The molecule has 1 saturated heterocycles. The third kappa shape index (κ3) is 3.02. The number of nitrogens with zero attached hydrogens (tertiary/aromatic N) is 7. The second kappa shape index (κ2) is 6.33. The summed E-state index contributed by atoms with van der Waals surface area (Å²) < 4.78 is 9.00. The van der Waals surface area contributed by atoms with Crippen LogP contribution in [0.3, 0.4) is 0 Å². The monoisotopic (exact) mass is 367 g/mol. The van der Waals surface area contributed by atoms with Gasteiger partial charge in [0.2, 0.25) is 0 Å². The molecule has 0 radical (unpaired) electrons. The third-order valence-electron chi connectivity index (χ3n) is 5.33. The van der Waals surface area contributed by atoms with Crippen molar-refractivity contribution in [2.75, 3.05) is 13.1 Å². The normalized spacial score (nSPS) is 20.2. The summed E-state index contributed by atoms with van der Waals surface area (Å²) >= 11 is 0. The Labute approximate surface area is 156 Å². The Kier molecular flexibility index (Phi) is 3.80. The number of amides is 1. The fraction of sp³-hybridized carbons (Fsp3) is 0.500. The molecule has 1 unspecified atom stereocenters. The maximum absolute atomic E-state index is 12.8. The lowest BCUT2D eigenvalue weighted by Crippen LogP contribution is -2.41. The Morgan fingerprint density at radius 3 is 2.96 bits per heavy atom. The number of carbonyl (C=O) groups is 1. The average Bonchev–Trinajstić information content (AvgIpc) is 3.10. The molecule has 9 nitrogen and oxygen atoms in total. The fourth-order valence-electron chi connectivity index (χ4n) is 3.60. The van der Waals surface area contributed by atoms with Crippen molar-refractivity contribution in [2.45, 2.75) is 37.6 Å². The van der Waals surface area contributed by atoms with E-state index in [0.717, 1.165) is 38.1 Å². The lowest BCUT2D eigenvalue weighted by molar-refractivity contribution is 0.0662. The van der Waals surface area contributed by atoms with E-state index in [4.69, 9.17) is 4.52 Å². The number of rotatable bonds is 4. The average molecular weight is 367 g/mol. The van der Waals surface area contributed by atoms with Crippen LogP contribution in [0, 0.1) is 0 Å². The Morgan fingerprint density at radius 1 is 1.30 bits per heavy atom. The van der Waals surface area contributed by atoms with Crippen molar-refractivity contribution in [3.05, 3.63) is 36.0 Å². The van der Waals surface area contributed by atoms with Crippen LogP contribution < -0.4 is 0 Å². The van der Waals surface area contributed by atoms with Gasteiger partial charge in [-0.3, -0.25) is 4.79 Å². The topological polar surface area (TPSA) is 94.9 Å². The molecule has 3 aromatic rings. The molecule has 5 rings (SSSR count). The van der Waals surface area contributed by atoms with Gasteiger partial charge in [0.25, 0.3) is 11.8 Å². The van der Waals surface area contributed by atoms with E-state index in [1.165, 1.54) is 0 Å². The van der Waals surface area contributed by atoms with Crippen molar-refractivity contribution in [1.82, 2.24) is 34.6 Å². The molecule has 0 aromatic carbocycles. The van der Waals surface area contributed by atoms with Crippen LogP contribution in [-0.2, 0) is 7.05 Å². The Bertz CT molecular complexity index is 968. The Hall–Kier alpha value is -2.97. The molecule has 1 atom stereocenters. The molecular formula is C18H21N7O2. The number of hydrogen-bond acceptors (Lipinski definition) is 6.